The molecule has 0 saturated heterocycles. The summed E-state index contributed by atoms with van der Waals surface area (Å²) in [6, 6.07) is 0. The van der Waals surface area contributed by atoms with Crippen molar-refractivity contribution >= 4 is 11.9 Å². The lowest BCUT2D eigenvalue weighted by Crippen LogP contribution is -2.18. The average Bonchev–Trinajstić information content (AvgIpc) is 2.18. The molecule has 1 atom stereocenters. The second-order valence-corrected chi connectivity index (χ2v) is 2.97. The van der Waals surface area contributed by atoms with Crippen LogP contribution >= 0.6 is 0 Å². The second-order valence-electron chi connectivity index (χ2n) is 2.97. The lowest BCUT2D eigenvalue weighted by Gasteiger charge is -2.12. The van der Waals surface area contributed by atoms with E-state index in [1.54, 1.807) is 6.92 Å². The largest absolute Gasteiger partial charge is 0.469 e. The van der Waals surface area contributed by atoms with Crippen LogP contribution in [0.2, 0.25) is 0 Å². The highest BCUT2D eigenvalue weighted by Crippen LogP contribution is 2.13. The summed E-state index contributed by atoms with van der Waals surface area (Å²) in [4.78, 5) is 22.1. The van der Waals surface area contributed by atoms with Gasteiger partial charge in [0.05, 0.1) is 19.6 Å². The van der Waals surface area contributed by atoms with Gasteiger partial charge in [-0.3, -0.25) is 9.59 Å². The summed E-state index contributed by atoms with van der Waals surface area (Å²) in [5, 5.41) is 0. The van der Waals surface area contributed by atoms with Crippen molar-refractivity contribution in [2.45, 2.75) is 33.1 Å². The predicted octanol–water partition coefficient (Wildman–Crippen LogP) is 1.53. The van der Waals surface area contributed by atoms with Crippen LogP contribution in [0.25, 0.3) is 0 Å². The Morgan fingerprint density at radius 3 is 2.36 bits per heavy atom. The molecule has 0 spiro atoms. The van der Waals surface area contributed by atoms with Crippen molar-refractivity contribution in [1.82, 2.24) is 0 Å². The van der Waals surface area contributed by atoms with Crippen LogP contribution in [0.15, 0.2) is 0 Å². The standard InChI is InChI=1S/C10H18O4/c1-4-8(10(12)14-5-2)6-7-9(11)13-3/h8H,4-7H2,1-3H3. The number of esters is 2. The van der Waals surface area contributed by atoms with Crippen molar-refractivity contribution in [2.75, 3.05) is 13.7 Å². The maximum Gasteiger partial charge on any atom is 0.308 e. The van der Waals surface area contributed by atoms with Crippen molar-refractivity contribution in [2.24, 2.45) is 5.92 Å². The molecule has 0 heterocycles. The van der Waals surface area contributed by atoms with E-state index < -0.39 is 0 Å². The Kier molecular flexibility index (Phi) is 6.80. The highest BCUT2D eigenvalue weighted by atomic mass is 16.5. The van der Waals surface area contributed by atoms with E-state index in [-0.39, 0.29) is 24.3 Å². The molecule has 4 heteroatoms. The van der Waals surface area contributed by atoms with Crippen LogP contribution in [0, 0.1) is 5.92 Å². The van der Waals surface area contributed by atoms with Crippen LogP contribution in [0.1, 0.15) is 33.1 Å². The fraction of sp³-hybridized carbons (Fsp3) is 0.800. The Labute approximate surface area is 84.6 Å². The normalized spacial score (nSPS) is 11.9. The number of methoxy groups -OCH3 is 1. The van der Waals surface area contributed by atoms with Crippen molar-refractivity contribution in [3.63, 3.8) is 0 Å². The summed E-state index contributed by atoms with van der Waals surface area (Å²) in [7, 11) is 1.34. The highest BCUT2D eigenvalue weighted by molar-refractivity contribution is 5.74. The van der Waals surface area contributed by atoms with Crippen LogP contribution in [0.3, 0.4) is 0 Å². The maximum absolute atomic E-state index is 11.3. The summed E-state index contributed by atoms with van der Waals surface area (Å²) < 4.78 is 9.36. The first-order chi connectivity index (χ1) is 6.65. The van der Waals surface area contributed by atoms with E-state index in [0.717, 1.165) is 0 Å². The molecule has 0 radical (unpaired) electrons. The number of hydrogen-bond acceptors (Lipinski definition) is 4. The molecule has 0 N–H and O–H groups in total. The van der Waals surface area contributed by atoms with Gasteiger partial charge in [-0.2, -0.15) is 0 Å². The summed E-state index contributed by atoms with van der Waals surface area (Å²) in [6.07, 6.45) is 1.46. The Bertz CT molecular complexity index is 189. The smallest absolute Gasteiger partial charge is 0.308 e. The minimum Gasteiger partial charge on any atom is -0.469 e. The molecule has 14 heavy (non-hydrogen) atoms. The fourth-order valence-electron chi connectivity index (χ4n) is 1.14. The first-order valence-electron chi connectivity index (χ1n) is 4.89. The third kappa shape index (κ3) is 4.84. The van der Waals surface area contributed by atoms with Gasteiger partial charge in [-0.05, 0) is 19.8 Å². The molecule has 0 aliphatic rings. The van der Waals surface area contributed by atoms with Crippen LogP contribution in [-0.4, -0.2) is 25.7 Å². The van der Waals surface area contributed by atoms with Crippen molar-refractivity contribution in [3.05, 3.63) is 0 Å². The molecule has 0 aliphatic carbocycles. The Hall–Kier alpha value is -1.06. The molecule has 0 fully saturated rings. The van der Waals surface area contributed by atoms with Gasteiger partial charge in [0.15, 0.2) is 0 Å². The van der Waals surface area contributed by atoms with E-state index in [2.05, 4.69) is 4.74 Å². The molecular formula is C10H18O4. The molecule has 0 bridgehead atoms. The molecular weight excluding hydrogens is 184 g/mol. The predicted molar refractivity (Wildman–Crippen MR) is 51.7 cm³/mol. The van der Waals surface area contributed by atoms with Gasteiger partial charge in [0.1, 0.15) is 0 Å². The summed E-state index contributed by atoms with van der Waals surface area (Å²) in [6.45, 7) is 4.05. The maximum atomic E-state index is 11.3. The number of carbonyl (C=O) groups is 2. The highest BCUT2D eigenvalue weighted by Gasteiger charge is 2.18. The quantitative estimate of drug-likeness (QED) is 0.613. The van der Waals surface area contributed by atoms with Crippen LogP contribution in [0.4, 0.5) is 0 Å². The molecule has 82 valence electrons. The van der Waals surface area contributed by atoms with Crippen LogP contribution in [-0.2, 0) is 19.1 Å². The van der Waals surface area contributed by atoms with Crippen molar-refractivity contribution in [3.8, 4) is 0 Å². The SMILES string of the molecule is CCOC(=O)C(CC)CCC(=O)OC. The van der Waals surface area contributed by atoms with Gasteiger partial charge in [0.25, 0.3) is 0 Å². The Morgan fingerprint density at radius 2 is 1.93 bits per heavy atom. The third-order valence-electron chi connectivity index (χ3n) is 2.04. The molecule has 1 unspecified atom stereocenters. The molecule has 0 saturated carbocycles. The first kappa shape index (κ1) is 12.9. The van der Waals surface area contributed by atoms with Gasteiger partial charge < -0.3 is 9.47 Å². The van der Waals surface area contributed by atoms with E-state index >= 15 is 0 Å². The summed E-state index contributed by atoms with van der Waals surface area (Å²) in [5.74, 6) is -0.694. The fourth-order valence-corrected chi connectivity index (χ4v) is 1.14. The van der Waals surface area contributed by atoms with E-state index in [0.29, 0.717) is 19.4 Å². The topological polar surface area (TPSA) is 52.6 Å². The third-order valence-corrected chi connectivity index (χ3v) is 2.04. The zero-order chi connectivity index (χ0) is 11.0. The van der Waals surface area contributed by atoms with Gasteiger partial charge in [0, 0.05) is 6.42 Å². The monoisotopic (exact) mass is 202 g/mol. The lowest BCUT2D eigenvalue weighted by molar-refractivity contribution is -0.149. The van der Waals surface area contributed by atoms with E-state index in [4.69, 9.17) is 4.74 Å². The molecule has 0 aliphatic heterocycles. The first-order valence-corrected chi connectivity index (χ1v) is 4.89. The van der Waals surface area contributed by atoms with Gasteiger partial charge in [-0.1, -0.05) is 6.92 Å². The van der Waals surface area contributed by atoms with E-state index in [1.807, 2.05) is 6.92 Å². The number of carbonyl (C=O) groups excluding carboxylic acids is 2. The number of hydrogen-bond donors (Lipinski definition) is 0. The Morgan fingerprint density at radius 1 is 1.29 bits per heavy atom. The van der Waals surface area contributed by atoms with Gasteiger partial charge >= 0.3 is 11.9 Å². The van der Waals surface area contributed by atoms with Crippen molar-refractivity contribution in [1.29, 1.82) is 0 Å². The molecule has 0 aromatic heterocycles. The molecule has 0 aromatic rings. The molecule has 4 nitrogen and oxygen atoms in total. The van der Waals surface area contributed by atoms with Gasteiger partial charge in [-0.25, -0.2) is 0 Å². The van der Waals surface area contributed by atoms with Gasteiger partial charge in [0.2, 0.25) is 0 Å². The zero-order valence-electron chi connectivity index (χ0n) is 9.04. The van der Waals surface area contributed by atoms with Crippen LogP contribution in [0.5, 0.6) is 0 Å². The lowest BCUT2D eigenvalue weighted by atomic mass is 10.0. The molecule has 0 rings (SSSR count). The van der Waals surface area contributed by atoms with Crippen molar-refractivity contribution < 1.29 is 19.1 Å². The molecule has 0 aromatic carbocycles. The minimum absolute atomic E-state index is 0.186. The molecule has 0 amide bonds. The second kappa shape index (κ2) is 7.35. The zero-order valence-corrected chi connectivity index (χ0v) is 9.04. The average molecular weight is 202 g/mol. The van der Waals surface area contributed by atoms with Crippen LogP contribution < -0.4 is 0 Å². The number of rotatable bonds is 6. The van der Waals surface area contributed by atoms with E-state index in [9.17, 15) is 9.59 Å². The Balaban J connectivity index is 3.90. The minimum atomic E-state index is -0.284. The summed E-state index contributed by atoms with van der Waals surface area (Å²) >= 11 is 0. The number of ether oxygens (including phenoxy) is 2. The summed E-state index contributed by atoms with van der Waals surface area (Å²) in [5.41, 5.74) is 0. The van der Waals surface area contributed by atoms with E-state index in [1.165, 1.54) is 7.11 Å². The van der Waals surface area contributed by atoms with Gasteiger partial charge in [-0.15, -0.1) is 0 Å².